The molecular weight excluding hydrogens is 753 g/mol. The third kappa shape index (κ3) is 9.08. The van der Waals surface area contributed by atoms with E-state index in [2.05, 4.69) is 52.4 Å². The van der Waals surface area contributed by atoms with Gasteiger partial charge >= 0.3 is 6.09 Å². The number of hydrogen-bond donors (Lipinski definition) is 4. The highest BCUT2D eigenvalue weighted by Crippen LogP contribution is 2.35. The van der Waals surface area contributed by atoms with Crippen LogP contribution in [0.5, 0.6) is 11.5 Å². The Morgan fingerprint density at radius 3 is 1.70 bits per heavy atom. The number of carbonyl (C=O) groups excluding carboxylic acids is 1. The van der Waals surface area contributed by atoms with Gasteiger partial charge in [-0.25, -0.2) is 24.7 Å². The van der Waals surface area contributed by atoms with Gasteiger partial charge < -0.3 is 35.8 Å². The lowest BCUT2D eigenvalue weighted by Gasteiger charge is -2.21. The van der Waals surface area contributed by atoms with Crippen LogP contribution in [0.15, 0.2) is 115 Å². The Bertz CT molecular complexity index is 2620. The maximum Gasteiger partial charge on any atom is 0.407 e. The first kappa shape index (κ1) is 40.0. The standard InChI is InChI=1S/C28H28N4O3.C20H22N4O/c1-19-11-12-22-24(15-19)30-26(23-9-5-6-10-25(23)33)31-27(22)32-14-13-21(17-32)16-29-28(34)35-18-20-7-3-2-4-8-20;1-13-6-7-15-17(10-13)22-19(16-4-2-3-5-18(16)25)23-20(15)24-9-8-14(11-21)12-24/h2-12,15,21,33H,13-14,16-18H2,1H3,(H,29,34);2-7,10,14,25H,8-9,11-12,21H2,1H3/t21-;14-/m00/s1. The quantitative estimate of drug-likeness (QED) is 0.111. The van der Waals surface area contributed by atoms with Crippen molar-refractivity contribution in [2.24, 2.45) is 17.6 Å². The van der Waals surface area contributed by atoms with Gasteiger partial charge in [0, 0.05) is 43.5 Å². The van der Waals surface area contributed by atoms with Crippen LogP contribution in [0.1, 0.15) is 29.5 Å². The lowest BCUT2D eigenvalue weighted by Crippen LogP contribution is -2.31. The topological polar surface area (TPSA) is 163 Å². The normalized spacial score (nSPS) is 16.2. The van der Waals surface area contributed by atoms with E-state index >= 15 is 0 Å². The third-order valence-electron chi connectivity index (χ3n) is 11.2. The Morgan fingerprint density at radius 2 is 1.18 bits per heavy atom. The zero-order valence-electron chi connectivity index (χ0n) is 34.0. The first-order chi connectivity index (χ1) is 29.2. The number of ether oxygens (including phenoxy) is 1. The molecule has 12 heteroatoms. The molecule has 4 heterocycles. The fraction of sp³-hybridized carbons (Fsp3) is 0.271. The van der Waals surface area contributed by atoms with Gasteiger partial charge in [-0.15, -0.1) is 0 Å². The molecule has 9 rings (SSSR count). The number of benzene rings is 5. The number of aryl methyl sites for hydroxylation is 2. The summed E-state index contributed by atoms with van der Waals surface area (Å²) in [5.74, 6) is 3.98. The second-order valence-corrected chi connectivity index (χ2v) is 15.7. The summed E-state index contributed by atoms with van der Waals surface area (Å²) in [4.78, 5) is 35.9. The van der Waals surface area contributed by atoms with Crippen LogP contribution in [0.25, 0.3) is 44.6 Å². The maximum atomic E-state index is 12.2. The number of phenols is 2. The van der Waals surface area contributed by atoms with Gasteiger partial charge in [-0.1, -0.05) is 66.7 Å². The second kappa shape index (κ2) is 18.0. The minimum absolute atomic E-state index is 0.156. The Morgan fingerprint density at radius 1 is 0.683 bits per heavy atom. The van der Waals surface area contributed by atoms with E-state index in [0.717, 1.165) is 89.2 Å². The number of nitrogens with two attached hydrogens (primary N) is 1. The number of nitrogens with zero attached hydrogens (tertiary/aromatic N) is 6. The van der Waals surface area contributed by atoms with E-state index in [1.54, 1.807) is 24.3 Å². The first-order valence-electron chi connectivity index (χ1n) is 20.5. The molecule has 12 nitrogen and oxygen atoms in total. The van der Waals surface area contributed by atoms with Gasteiger partial charge in [-0.2, -0.15) is 0 Å². The average molecular weight is 803 g/mol. The van der Waals surface area contributed by atoms with Crippen LogP contribution >= 0.6 is 0 Å². The summed E-state index contributed by atoms with van der Waals surface area (Å²) in [5.41, 5.74) is 12.1. The van der Waals surface area contributed by atoms with Gasteiger partial charge in [-0.05, 0) is 110 Å². The molecular formula is C48H50N8O4. The number of anilines is 2. The van der Waals surface area contributed by atoms with E-state index in [-0.39, 0.29) is 24.0 Å². The molecule has 0 saturated carbocycles. The maximum absolute atomic E-state index is 12.2. The molecule has 0 unspecified atom stereocenters. The van der Waals surface area contributed by atoms with Crippen molar-refractivity contribution in [3.8, 4) is 34.3 Å². The number of para-hydroxylation sites is 2. The SMILES string of the molecule is Cc1ccc2c(N3CC[C@@H](CN)C3)nc(-c3ccccc3O)nc2c1.Cc1ccc2c(N3CC[C@@H](CNC(=O)OCc4ccccc4)C3)nc(-c3ccccc3O)nc2c1. The summed E-state index contributed by atoms with van der Waals surface area (Å²) in [6.07, 6.45) is 1.61. The predicted molar refractivity (Wildman–Crippen MR) is 237 cm³/mol. The zero-order chi connectivity index (χ0) is 41.6. The van der Waals surface area contributed by atoms with Crippen molar-refractivity contribution >= 4 is 39.5 Å². The number of carbonyl (C=O) groups is 1. The van der Waals surface area contributed by atoms with Crippen LogP contribution in [0.2, 0.25) is 0 Å². The van der Waals surface area contributed by atoms with Crippen molar-refractivity contribution in [2.45, 2.75) is 33.3 Å². The molecule has 2 atom stereocenters. The molecule has 2 aliphatic heterocycles. The van der Waals surface area contributed by atoms with Gasteiger partial charge in [0.1, 0.15) is 29.7 Å². The molecule has 7 aromatic rings. The van der Waals surface area contributed by atoms with Gasteiger partial charge in [0.15, 0.2) is 11.6 Å². The monoisotopic (exact) mass is 802 g/mol. The summed E-state index contributed by atoms with van der Waals surface area (Å²) in [6, 6.07) is 36.4. The van der Waals surface area contributed by atoms with Crippen LogP contribution in [-0.4, -0.2) is 75.5 Å². The van der Waals surface area contributed by atoms with Crippen molar-refractivity contribution in [1.82, 2.24) is 25.3 Å². The highest BCUT2D eigenvalue weighted by atomic mass is 16.5. The first-order valence-corrected chi connectivity index (χ1v) is 20.5. The Kier molecular flexibility index (Phi) is 12.0. The number of aromatic nitrogens is 4. The van der Waals surface area contributed by atoms with Crippen LogP contribution in [0.3, 0.4) is 0 Å². The van der Waals surface area contributed by atoms with Crippen LogP contribution in [-0.2, 0) is 11.3 Å². The Hall–Kier alpha value is -6.79. The number of rotatable bonds is 9. The molecule has 0 bridgehead atoms. The lowest BCUT2D eigenvalue weighted by atomic mass is 10.1. The zero-order valence-corrected chi connectivity index (χ0v) is 34.0. The average Bonchev–Trinajstić information content (AvgIpc) is 3.95. The second-order valence-electron chi connectivity index (χ2n) is 15.7. The molecule has 5 N–H and O–H groups in total. The largest absolute Gasteiger partial charge is 0.507 e. The summed E-state index contributed by atoms with van der Waals surface area (Å²) >= 11 is 0. The number of alkyl carbamates (subject to hydrolysis) is 1. The molecule has 2 aliphatic rings. The fourth-order valence-corrected chi connectivity index (χ4v) is 7.91. The number of amides is 1. The van der Waals surface area contributed by atoms with Gasteiger partial charge in [0.05, 0.1) is 22.2 Å². The highest BCUT2D eigenvalue weighted by Gasteiger charge is 2.27. The van der Waals surface area contributed by atoms with Crippen molar-refractivity contribution in [2.75, 3.05) is 49.1 Å². The molecule has 306 valence electrons. The number of hydrogen-bond acceptors (Lipinski definition) is 11. The predicted octanol–water partition coefficient (Wildman–Crippen LogP) is 8.16. The fourth-order valence-electron chi connectivity index (χ4n) is 7.91. The minimum atomic E-state index is -0.405. The lowest BCUT2D eigenvalue weighted by molar-refractivity contribution is 0.138. The number of phenolic OH excluding ortho intramolecular Hbond substituents is 2. The summed E-state index contributed by atoms with van der Waals surface area (Å²) in [5, 5.41) is 25.5. The summed E-state index contributed by atoms with van der Waals surface area (Å²) in [7, 11) is 0. The number of aromatic hydroxyl groups is 2. The van der Waals surface area contributed by atoms with E-state index in [4.69, 9.17) is 30.4 Å². The van der Waals surface area contributed by atoms with E-state index in [0.29, 0.717) is 41.8 Å². The number of nitrogens with one attached hydrogen (secondary N) is 1. The minimum Gasteiger partial charge on any atom is -0.507 e. The Balaban J connectivity index is 0.000000176. The molecule has 0 radical (unpaired) electrons. The van der Waals surface area contributed by atoms with Crippen molar-refractivity contribution < 1.29 is 19.7 Å². The van der Waals surface area contributed by atoms with Gasteiger partial charge in [0.2, 0.25) is 0 Å². The molecule has 2 saturated heterocycles. The Labute approximate surface area is 349 Å². The van der Waals surface area contributed by atoms with Crippen LogP contribution < -0.4 is 20.9 Å². The van der Waals surface area contributed by atoms with Gasteiger partial charge in [0.25, 0.3) is 0 Å². The van der Waals surface area contributed by atoms with Crippen LogP contribution in [0.4, 0.5) is 16.4 Å². The van der Waals surface area contributed by atoms with E-state index in [1.165, 1.54) is 0 Å². The summed E-state index contributed by atoms with van der Waals surface area (Å²) in [6.45, 7) is 9.04. The van der Waals surface area contributed by atoms with E-state index < -0.39 is 6.09 Å². The molecule has 2 aromatic heterocycles. The molecule has 1 amide bonds. The molecule has 0 aliphatic carbocycles. The van der Waals surface area contributed by atoms with Crippen molar-refractivity contribution in [3.63, 3.8) is 0 Å². The highest BCUT2D eigenvalue weighted by molar-refractivity contribution is 5.93. The summed E-state index contributed by atoms with van der Waals surface area (Å²) < 4.78 is 5.34. The van der Waals surface area contributed by atoms with Crippen molar-refractivity contribution in [3.05, 3.63) is 132 Å². The van der Waals surface area contributed by atoms with Gasteiger partial charge in [-0.3, -0.25) is 0 Å². The molecule has 0 spiro atoms. The van der Waals surface area contributed by atoms with E-state index in [1.807, 2.05) is 67.6 Å². The van der Waals surface area contributed by atoms with Crippen LogP contribution in [0, 0.1) is 25.7 Å². The molecule has 5 aromatic carbocycles. The smallest absolute Gasteiger partial charge is 0.407 e. The van der Waals surface area contributed by atoms with E-state index in [9.17, 15) is 15.0 Å². The molecule has 60 heavy (non-hydrogen) atoms. The third-order valence-corrected chi connectivity index (χ3v) is 11.2. The van der Waals surface area contributed by atoms with Crippen molar-refractivity contribution in [1.29, 1.82) is 0 Å². The number of fused-ring (bicyclic) bond motifs is 2. The molecule has 2 fully saturated rings.